The van der Waals surface area contributed by atoms with Gasteiger partial charge in [-0.05, 0) is 95.0 Å². The molecule has 0 aliphatic rings. The third kappa shape index (κ3) is 8.85. The molecule has 0 spiro atoms. The van der Waals surface area contributed by atoms with E-state index in [1.807, 2.05) is 109 Å². The Morgan fingerprint density at radius 3 is 2.00 bits per heavy atom. The average molecular weight is 640 g/mol. The Morgan fingerprint density at radius 1 is 0.739 bits per heavy atom. The van der Waals surface area contributed by atoms with Gasteiger partial charge in [-0.2, -0.15) is 0 Å². The number of hydrogen-bond acceptors (Lipinski definition) is 4. The molecule has 0 unspecified atom stereocenters. The van der Waals surface area contributed by atoms with E-state index in [-0.39, 0.29) is 23.8 Å². The average Bonchev–Trinajstić information content (AvgIpc) is 2.99. The lowest BCUT2D eigenvalue weighted by Gasteiger charge is -2.35. The highest BCUT2D eigenvalue weighted by Gasteiger charge is 2.35. The van der Waals surface area contributed by atoms with Crippen LogP contribution in [0.1, 0.15) is 54.2 Å². The molecule has 0 saturated carbocycles. The number of nitrogens with zero attached hydrogens (tertiary/aromatic N) is 2. The highest BCUT2D eigenvalue weighted by atomic mass is 32.2. The fourth-order valence-electron chi connectivity index (χ4n) is 5.26. The summed E-state index contributed by atoms with van der Waals surface area (Å²) in [6.07, 6.45) is 0.259. The summed E-state index contributed by atoms with van der Waals surface area (Å²) < 4.78 is 29.7. The van der Waals surface area contributed by atoms with E-state index in [2.05, 4.69) is 5.32 Å². The molecule has 4 aromatic rings. The summed E-state index contributed by atoms with van der Waals surface area (Å²) in [5.74, 6) is -0.795. The van der Waals surface area contributed by atoms with E-state index in [0.29, 0.717) is 5.69 Å². The molecule has 242 valence electrons. The van der Waals surface area contributed by atoms with Gasteiger partial charge in [-0.25, -0.2) is 8.42 Å². The molecule has 0 aromatic heterocycles. The van der Waals surface area contributed by atoms with Crippen molar-refractivity contribution in [3.8, 4) is 0 Å². The number of hydrogen-bond donors (Lipinski definition) is 1. The molecule has 0 heterocycles. The largest absolute Gasteiger partial charge is 0.350 e. The first-order valence-corrected chi connectivity index (χ1v) is 17.0. The fourth-order valence-corrected chi connectivity index (χ4v) is 6.67. The molecule has 0 fully saturated rings. The summed E-state index contributed by atoms with van der Waals surface area (Å²) in [5.41, 5.74) is 5.40. The van der Waals surface area contributed by atoms with Gasteiger partial charge < -0.3 is 10.2 Å². The van der Waals surface area contributed by atoms with Gasteiger partial charge in [0.05, 0.1) is 10.6 Å². The van der Waals surface area contributed by atoms with Crippen molar-refractivity contribution < 1.29 is 18.0 Å². The van der Waals surface area contributed by atoms with Crippen LogP contribution in [-0.2, 0) is 32.6 Å². The second kappa shape index (κ2) is 14.3. The first kappa shape index (κ1) is 34.4. The summed E-state index contributed by atoms with van der Waals surface area (Å²) in [5, 5.41) is 3.07. The molecule has 0 aliphatic heterocycles. The molecule has 1 N–H and O–H groups in total. The summed E-state index contributed by atoms with van der Waals surface area (Å²) >= 11 is 0. The van der Waals surface area contributed by atoms with Crippen molar-refractivity contribution in [2.75, 3.05) is 10.8 Å². The minimum atomic E-state index is -4.16. The number of sulfonamides is 1. The summed E-state index contributed by atoms with van der Waals surface area (Å²) in [6, 6.07) is 28.4. The molecule has 4 aromatic carbocycles. The highest BCUT2D eigenvalue weighted by Crippen LogP contribution is 2.27. The van der Waals surface area contributed by atoms with Crippen LogP contribution in [0.4, 0.5) is 5.69 Å². The third-order valence-electron chi connectivity index (χ3n) is 7.87. The Bertz CT molecular complexity index is 1780. The van der Waals surface area contributed by atoms with E-state index in [9.17, 15) is 18.0 Å². The normalized spacial score (nSPS) is 12.3. The molecule has 0 radical (unpaired) electrons. The minimum Gasteiger partial charge on any atom is -0.350 e. The molecule has 7 nitrogen and oxygen atoms in total. The van der Waals surface area contributed by atoms with Crippen LogP contribution in [-0.4, -0.2) is 43.3 Å². The molecule has 1 atom stereocenters. The van der Waals surface area contributed by atoms with Gasteiger partial charge in [0.25, 0.3) is 10.0 Å². The van der Waals surface area contributed by atoms with Crippen molar-refractivity contribution in [1.29, 1.82) is 0 Å². The molecule has 0 bridgehead atoms. The molecule has 0 saturated heterocycles. The van der Waals surface area contributed by atoms with E-state index >= 15 is 0 Å². The van der Waals surface area contributed by atoms with Crippen LogP contribution < -0.4 is 9.62 Å². The Labute approximate surface area is 274 Å². The predicted molar refractivity (Wildman–Crippen MR) is 185 cm³/mol. The van der Waals surface area contributed by atoms with E-state index in [1.54, 1.807) is 36.4 Å². The predicted octanol–water partition coefficient (Wildman–Crippen LogP) is 6.67. The molecule has 46 heavy (non-hydrogen) atoms. The van der Waals surface area contributed by atoms with Gasteiger partial charge in [0, 0.05) is 18.5 Å². The molecule has 8 heteroatoms. The lowest BCUT2D eigenvalue weighted by molar-refractivity contribution is -0.140. The number of benzene rings is 4. The Hall–Kier alpha value is -4.43. The monoisotopic (exact) mass is 639 g/mol. The minimum absolute atomic E-state index is 0.0840. The zero-order valence-corrected chi connectivity index (χ0v) is 28.7. The van der Waals surface area contributed by atoms with Crippen LogP contribution in [0.5, 0.6) is 0 Å². The Balaban J connectivity index is 1.84. The van der Waals surface area contributed by atoms with Crippen molar-refractivity contribution in [3.63, 3.8) is 0 Å². The Kier molecular flexibility index (Phi) is 10.7. The van der Waals surface area contributed by atoms with Gasteiger partial charge >= 0.3 is 0 Å². The number of carbonyl (C=O) groups excluding carboxylic acids is 2. The van der Waals surface area contributed by atoms with Crippen LogP contribution >= 0.6 is 0 Å². The quantitative estimate of drug-likeness (QED) is 0.199. The van der Waals surface area contributed by atoms with E-state index in [1.165, 1.54) is 4.90 Å². The van der Waals surface area contributed by atoms with Gasteiger partial charge in [-0.1, -0.05) is 83.9 Å². The van der Waals surface area contributed by atoms with Crippen molar-refractivity contribution in [2.45, 2.75) is 77.9 Å². The van der Waals surface area contributed by atoms with Gasteiger partial charge in [-0.3, -0.25) is 13.9 Å². The number of amides is 2. The standard InChI is InChI=1S/C38H45N3O4S/c1-27-16-20-34(21-17-27)46(44,45)41(33-19-18-29(3)30(4)23-33)26-36(42)40(25-32-15-11-12-28(2)22-32)35(37(43)39-38(5,6)7)24-31-13-9-8-10-14-31/h8-23,35H,24-26H2,1-7H3,(H,39,43)/t35-/m0/s1. The van der Waals surface area contributed by atoms with Crippen LogP contribution in [0, 0.1) is 27.7 Å². The van der Waals surface area contributed by atoms with Crippen molar-refractivity contribution in [1.82, 2.24) is 10.2 Å². The first-order valence-electron chi connectivity index (χ1n) is 15.5. The maximum absolute atomic E-state index is 14.6. The smallest absolute Gasteiger partial charge is 0.264 e. The topological polar surface area (TPSA) is 86.8 Å². The number of aryl methyl sites for hydroxylation is 4. The van der Waals surface area contributed by atoms with Gasteiger partial charge in [-0.15, -0.1) is 0 Å². The van der Waals surface area contributed by atoms with Crippen molar-refractivity contribution in [2.24, 2.45) is 0 Å². The highest BCUT2D eigenvalue weighted by molar-refractivity contribution is 7.92. The molecular weight excluding hydrogens is 595 g/mol. The lowest BCUT2D eigenvalue weighted by atomic mass is 10.0. The van der Waals surface area contributed by atoms with Gasteiger partial charge in [0.1, 0.15) is 12.6 Å². The van der Waals surface area contributed by atoms with Crippen molar-refractivity contribution >= 4 is 27.5 Å². The van der Waals surface area contributed by atoms with Crippen LogP contribution in [0.15, 0.2) is 102 Å². The fraction of sp³-hybridized carbons (Fsp3) is 0.316. The zero-order chi connectivity index (χ0) is 33.6. The second-order valence-electron chi connectivity index (χ2n) is 13.0. The zero-order valence-electron chi connectivity index (χ0n) is 27.9. The molecular formula is C38H45N3O4S. The number of nitrogens with one attached hydrogen (secondary N) is 1. The molecule has 2 amide bonds. The number of carbonyl (C=O) groups is 2. The maximum atomic E-state index is 14.6. The van der Waals surface area contributed by atoms with E-state index < -0.39 is 34.1 Å². The summed E-state index contributed by atoms with van der Waals surface area (Å²) in [4.78, 5) is 30.3. The maximum Gasteiger partial charge on any atom is 0.264 e. The van der Waals surface area contributed by atoms with Crippen molar-refractivity contribution in [3.05, 3.63) is 130 Å². The van der Waals surface area contributed by atoms with Crippen LogP contribution in [0.3, 0.4) is 0 Å². The molecule has 4 rings (SSSR count). The van der Waals surface area contributed by atoms with E-state index in [4.69, 9.17) is 0 Å². The summed E-state index contributed by atoms with van der Waals surface area (Å²) in [7, 11) is -4.16. The SMILES string of the molecule is Cc1ccc(S(=O)(=O)N(CC(=O)N(Cc2cccc(C)c2)[C@@H](Cc2ccccc2)C(=O)NC(C)(C)C)c2ccc(C)c(C)c2)cc1. The number of rotatable bonds is 11. The molecule has 0 aliphatic carbocycles. The third-order valence-corrected chi connectivity index (χ3v) is 9.66. The van der Waals surface area contributed by atoms with E-state index in [0.717, 1.165) is 37.7 Å². The van der Waals surface area contributed by atoms with Gasteiger partial charge in [0.15, 0.2) is 0 Å². The Morgan fingerprint density at radius 2 is 1.39 bits per heavy atom. The van der Waals surface area contributed by atoms with Gasteiger partial charge in [0.2, 0.25) is 11.8 Å². The van der Waals surface area contributed by atoms with Crippen LogP contribution in [0.2, 0.25) is 0 Å². The number of anilines is 1. The second-order valence-corrected chi connectivity index (χ2v) is 14.9. The lowest BCUT2D eigenvalue weighted by Crippen LogP contribution is -2.56. The summed E-state index contributed by atoms with van der Waals surface area (Å²) in [6.45, 7) is 13.0. The van der Waals surface area contributed by atoms with Crippen LogP contribution in [0.25, 0.3) is 0 Å². The first-order chi connectivity index (χ1) is 21.6.